The molecular formula is C15H15BrN2O. The van der Waals surface area contributed by atoms with E-state index in [1.807, 2.05) is 37.3 Å². The van der Waals surface area contributed by atoms with E-state index < -0.39 is 0 Å². The molecule has 0 unspecified atom stereocenters. The van der Waals surface area contributed by atoms with E-state index in [2.05, 4.69) is 15.9 Å². The van der Waals surface area contributed by atoms with Gasteiger partial charge in [-0.05, 0) is 37.3 Å². The van der Waals surface area contributed by atoms with Gasteiger partial charge in [0, 0.05) is 17.1 Å². The molecule has 0 bridgehead atoms. The monoisotopic (exact) mass is 318 g/mol. The van der Waals surface area contributed by atoms with E-state index >= 15 is 0 Å². The molecule has 2 aromatic rings. The maximum atomic E-state index is 12.4. The lowest BCUT2D eigenvalue weighted by atomic mass is 10.1. The number of amides is 1. The van der Waals surface area contributed by atoms with Crippen molar-refractivity contribution in [3.8, 4) is 0 Å². The number of benzene rings is 2. The van der Waals surface area contributed by atoms with Gasteiger partial charge in [0.15, 0.2) is 0 Å². The van der Waals surface area contributed by atoms with Crippen LogP contribution < -0.4 is 10.6 Å². The van der Waals surface area contributed by atoms with Crippen molar-refractivity contribution in [2.24, 2.45) is 0 Å². The number of hydrogen-bond donors (Lipinski definition) is 1. The zero-order chi connectivity index (χ0) is 14.0. The number of rotatable bonds is 2. The number of aryl methyl sites for hydroxylation is 1. The number of carbonyl (C=O) groups excluding carboxylic acids is 1. The van der Waals surface area contributed by atoms with E-state index in [9.17, 15) is 4.79 Å². The number of nitrogens with zero attached hydrogens (tertiary/aromatic N) is 1. The molecule has 19 heavy (non-hydrogen) atoms. The summed E-state index contributed by atoms with van der Waals surface area (Å²) >= 11 is 3.35. The van der Waals surface area contributed by atoms with Gasteiger partial charge in [0.25, 0.3) is 5.91 Å². The minimum atomic E-state index is -0.0716. The highest BCUT2D eigenvalue weighted by Gasteiger charge is 2.15. The Kier molecular flexibility index (Phi) is 3.90. The maximum absolute atomic E-state index is 12.4. The molecule has 2 rings (SSSR count). The lowest BCUT2D eigenvalue weighted by Gasteiger charge is -2.19. The fraction of sp³-hybridized carbons (Fsp3) is 0.133. The molecule has 98 valence electrons. The summed E-state index contributed by atoms with van der Waals surface area (Å²) in [5.74, 6) is -0.0716. The number of hydrogen-bond acceptors (Lipinski definition) is 2. The number of nitrogen functional groups attached to an aromatic ring is 1. The molecule has 0 heterocycles. The summed E-state index contributed by atoms with van der Waals surface area (Å²) in [7, 11) is 1.73. The van der Waals surface area contributed by atoms with Crippen molar-refractivity contribution in [2.45, 2.75) is 6.92 Å². The molecule has 0 aliphatic heterocycles. The van der Waals surface area contributed by atoms with E-state index in [-0.39, 0.29) is 5.91 Å². The summed E-state index contributed by atoms with van der Waals surface area (Å²) in [5, 5.41) is 0. The topological polar surface area (TPSA) is 46.3 Å². The summed E-state index contributed by atoms with van der Waals surface area (Å²) in [6.07, 6.45) is 0. The van der Waals surface area contributed by atoms with Crippen LogP contribution in [0.5, 0.6) is 0 Å². The summed E-state index contributed by atoms with van der Waals surface area (Å²) < 4.78 is 0.894. The molecule has 3 nitrogen and oxygen atoms in total. The third-order valence-corrected chi connectivity index (χ3v) is 3.41. The lowest BCUT2D eigenvalue weighted by molar-refractivity contribution is 0.0993. The third-order valence-electron chi connectivity index (χ3n) is 2.92. The largest absolute Gasteiger partial charge is 0.397 e. The second-order valence-electron chi connectivity index (χ2n) is 4.44. The van der Waals surface area contributed by atoms with Crippen LogP contribution in [0.15, 0.2) is 46.9 Å². The average molecular weight is 319 g/mol. The molecule has 0 aromatic heterocycles. The zero-order valence-electron chi connectivity index (χ0n) is 10.9. The normalized spacial score (nSPS) is 10.3. The molecule has 2 N–H and O–H groups in total. The smallest absolute Gasteiger partial charge is 0.258 e. The van der Waals surface area contributed by atoms with Gasteiger partial charge in [0.05, 0.1) is 11.4 Å². The summed E-state index contributed by atoms with van der Waals surface area (Å²) in [4.78, 5) is 14.0. The van der Waals surface area contributed by atoms with Gasteiger partial charge in [-0.3, -0.25) is 4.79 Å². The Hall–Kier alpha value is -1.81. The first-order valence-corrected chi connectivity index (χ1v) is 6.68. The van der Waals surface area contributed by atoms with Gasteiger partial charge in [-0.15, -0.1) is 0 Å². The highest BCUT2D eigenvalue weighted by atomic mass is 79.9. The van der Waals surface area contributed by atoms with Crippen molar-refractivity contribution in [3.63, 3.8) is 0 Å². The Morgan fingerprint density at radius 2 is 1.95 bits per heavy atom. The first-order valence-electron chi connectivity index (χ1n) is 5.89. The third kappa shape index (κ3) is 2.96. The first kappa shape index (κ1) is 13.6. The van der Waals surface area contributed by atoms with Crippen molar-refractivity contribution in [3.05, 3.63) is 58.1 Å². The highest BCUT2D eigenvalue weighted by molar-refractivity contribution is 9.10. The van der Waals surface area contributed by atoms with E-state index in [0.29, 0.717) is 16.9 Å². The van der Waals surface area contributed by atoms with Crippen LogP contribution in [0, 0.1) is 6.92 Å². The molecule has 0 atom stereocenters. The van der Waals surface area contributed by atoms with Gasteiger partial charge < -0.3 is 10.6 Å². The number of anilines is 2. The van der Waals surface area contributed by atoms with Gasteiger partial charge in [0.2, 0.25) is 0 Å². The second-order valence-corrected chi connectivity index (χ2v) is 5.35. The number of halogens is 1. The molecule has 4 heteroatoms. The van der Waals surface area contributed by atoms with Crippen LogP contribution in [-0.2, 0) is 0 Å². The Labute approximate surface area is 121 Å². The van der Waals surface area contributed by atoms with Gasteiger partial charge >= 0.3 is 0 Å². The minimum Gasteiger partial charge on any atom is -0.397 e. The Bertz CT molecular complexity index is 625. The van der Waals surface area contributed by atoms with Crippen LogP contribution in [-0.4, -0.2) is 13.0 Å². The van der Waals surface area contributed by atoms with Crippen molar-refractivity contribution in [1.82, 2.24) is 0 Å². The van der Waals surface area contributed by atoms with E-state index in [1.54, 1.807) is 24.1 Å². The van der Waals surface area contributed by atoms with E-state index in [1.165, 1.54) is 0 Å². The van der Waals surface area contributed by atoms with Crippen LogP contribution in [0.4, 0.5) is 11.4 Å². The summed E-state index contributed by atoms with van der Waals surface area (Å²) in [6, 6.07) is 13.0. The molecule has 0 aliphatic carbocycles. The maximum Gasteiger partial charge on any atom is 0.258 e. The minimum absolute atomic E-state index is 0.0716. The first-order chi connectivity index (χ1) is 8.99. The summed E-state index contributed by atoms with van der Waals surface area (Å²) in [5.41, 5.74) is 8.93. The van der Waals surface area contributed by atoms with Gasteiger partial charge in [-0.2, -0.15) is 0 Å². The highest BCUT2D eigenvalue weighted by Crippen LogP contribution is 2.27. The van der Waals surface area contributed by atoms with Crippen molar-refractivity contribution in [1.29, 1.82) is 0 Å². The molecule has 2 aromatic carbocycles. The molecular weight excluding hydrogens is 304 g/mol. The van der Waals surface area contributed by atoms with Crippen LogP contribution in [0.3, 0.4) is 0 Å². The Balaban J connectivity index is 2.33. The van der Waals surface area contributed by atoms with Crippen molar-refractivity contribution >= 4 is 33.2 Å². The Morgan fingerprint density at radius 1 is 1.21 bits per heavy atom. The van der Waals surface area contributed by atoms with Gasteiger partial charge in [-0.25, -0.2) is 0 Å². The fourth-order valence-corrected chi connectivity index (χ4v) is 2.29. The van der Waals surface area contributed by atoms with E-state index in [0.717, 1.165) is 10.0 Å². The average Bonchev–Trinajstić information content (AvgIpc) is 2.37. The lowest BCUT2D eigenvalue weighted by Crippen LogP contribution is -2.27. The standard InChI is InChI=1S/C15H15BrN2O/c1-10-4-3-5-11(8-10)15(19)18(2)14-7-6-12(16)9-13(14)17/h3-9H,17H2,1-2H3. The van der Waals surface area contributed by atoms with Crippen LogP contribution >= 0.6 is 15.9 Å². The van der Waals surface area contributed by atoms with Crippen LogP contribution in [0.25, 0.3) is 0 Å². The molecule has 1 amide bonds. The number of nitrogens with two attached hydrogens (primary N) is 1. The molecule has 0 fully saturated rings. The SMILES string of the molecule is Cc1cccc(C(=O)N(C)c2ccc(Br)cc2N)c1. The predicted octanol–water partition coefficient (Wildman–Crippen LogP) is 3.62. The Morgan fingerprint density at radius 3 is 2.58 bits per heavy atom. The van der Waals surface area contributed by atoms with Crippen LogP contribution in [0.1, 0.15) is 15.9 Å². The molecule has 0 radical (unpaired) electrons. The second kappa shape index (κ2) is 5.45. The van der Waals surface area contributed by atoms with Crippen molar-refractivity contribution in [2.75, 3.05) is 17.7 Å². The van der Waals surface area contributed by atoms with Crippen molar-refractivity contribution < 1.29 is 4.79 Å². The van der Waals surface area contributed by atoms with Gasteiger partial charge in [-0.1, -0.05) is 33.6 Å². The van der Waals surface area contributed by atoms with Gasteiger partial charge in [0.1, 0.15) is 0 Å². The fourth-order valence-electron chi connectivity index (χ4n) is 1.91. The zero-order valence-corrected chi connectivity index (χ0v) is 12.4. The molecule has 0 saturated carbocycles. The predicted molar refractivity (Wildman–Crippen MR) is 82.5 cm³/mol. The number of carbonyl (C=O) groups is 1. The summed E-state index contributed by atoms with van der Waals surface area (Å²) in [6.45, 7) is 1.96. The molecule has 0 saturated heterocycles. The van der Waals surface area contributed by atoms with E-state index in [4.69, 9.17) is 5.73 Å². The molecule has 0 aliphatic rings. The quantitative estimate of drug-likeness (QED) is 0.860. The van der Waals surface area contributed by atoms with Crippen LogP contribution in [0.2, 0.25) is 0 Å². The molecule has 0 spiro atoms.